The lowest BCUT2D eigenvalue weighted by Gasteiger charge is -2.19. The van der Waals surface area contributed by atoms with Crippen LogP contribution in [0, 0.1) is 13.8 Å². The number of nitrogens with zero attached hydrogens (tertiary/aromatic N) is 1. The Labute approximate surface area is 133 Å². The maximum Gasteiger partial charge on any atom is 0.257 e. The Balaban J connectivity index is 1.70. The Morgan fingerprint density at radius 3 is 2.90 bits per heavy atom. The molecule has 3 rings (SSSR count). The molecular formula is C16H19NO2S2. The van der Waals surface area contributed by atoms with Gasteiger partial charge in [0, 0.05) is 29.0 Å². The third kappa shape index (κ3) is 3.19. The fourth-order valence-electron chi connectivity index (χ4n) is 2.69. The molecule has 2 aromatic heterocycles. The van der Waals surface area contributed by atoms with Crippen LogP contribution in [0.4, 0.5) is 0 Å². The molecule has 0 N–H and O–H groups in total. The van der Waals surface area contributed by atoms with Gasteiger partial charge in [-0.3, -0.25) is 4.79 Å². The number of carbonyl (C=O) groups excluding carboxylic acids is 1. The Morgan fingerprint density at radius 2 is 2.24 bits per heavy atom. The Morgan fingerprint density at radius 1 is 1.38 bits per heavy atom. The standard InChI is InChI=1S/C16H19NO2S2/c1-11-10-13(12(2)19-11)16(18)17-6-5-15(21-9-7-17)14-4-3-8-20-14/h3-4,8,10,15H,5-7,9H2,1-2H3. The molecule has 1 saturated heterocycles. The van der Waals surface area contributed by atoms with E-state index in [9.17, 15) is 4.79 Å². The van der Waals surface area contributed by atoms with Gasteiger partial charge in [0.25, 0.3) is 5.91 Å². The Kier molecular flexibility index (Phi) is 4.40. The van der Waals surface area contributed by atoms with Gasteiger partial charge in [-0.2, -0.15) is 11.8 Å². The molecule has 1 atom stereocenters. The highest BCUT2D eigenvalue weighted by Crippen LogP contribution is 2.37. The number of aryl methyl sites for hydroxylation is 2. The van der Waals surface area contributed by atoms with Crippen molar-refractivity contribution < 1.29 is 9.21 Å². The van der Waals surface area contributed by atoms with Gasteiger partial charge in [0.1, 0.15) is 11.5 Å². The van der Waals surface area contributed by atoms with Crippen LogP contribution in [0.1, 0.15) is 38.4 Å². The van der Waals surface area contributed by atoms with Gasteiger partial charge in [0.15, 0.2) is 0 Å². The van der Waals surface area contributed by atoms with Crippen LogP contribution in [0.2, 0.25) is 0 Å². The van der Waals surface area contributed by atoms with E-state index >= 15 is 0 Å². The van der Waals surface area contributed by atoms with Gasteiger partial charge in [-0.25, -0.2) is 0 Å². The van der Waals surface area contributed by atoms with Gasteiger partial charge in [-0.05, 0) is 37.8 Å². The average Bonchev–Trinajstić information content (AvgIpc) is 3.02. The molecule has 0 aliphatic carbocycles. The fourth-order valence-corrected chi connectivity index (χ4v) is 4.93. The maximum absolute atomic E-state index is 12.6. The van der Waals surface area contributed by atoms with E-state index in [1.807, 2.05) is 47.9 Å². The lowest BCUT2D eigenvalue weighted by Crippen LogP contribution is -2.33. The highest BCUT2D eigenvalue weighted by molar-refractivity contribution is 7.99. The molecule has 5 heteroatoms. The van der Waals surface area contributed by atoms with Crippen molar-refractivity contribution in [2.75, 3.05) is 18.8 Å². The van der Waals surface area contributed by atoms with E-state index in [0.29, 0.717) is 10.8 Å². The van der Waals surface area contributed by atoms with Crippen molar-refractivity contribution in [1.29, 1.82) is 0 Å². The number of hydrogen-bond acceptors (Lipinski definition) is 4. The van der Waals surface area contributed by atoms with Crippen LogP contribution in [0.5, 0.6) is 0 Å². The lowest BCUT2D eigenvalue weighted by atomic mass is 10.2. The quantitative estimate of drug-likeness (QED) is 0.828. The van der Waals surface area contributed by atoms with Crippen molar-refractivity contribution in [2.45, 2.75) is 25.5 Å². The zero-order valence-corrected chi connectivity index (χ0v) is 13.9. The zero-order valence-electron chi connectivity index (χ0n) is 12.3. The minimum atomic E-state index is 0.108. The largest absolute Gasteiger partial charge is 0.466 e. The molecule has 3 nitrogen and oxygen atoms in total. The molecule has 0 saturated carbocycles. The summed E-state index contributed by atoms with van der Waals surface area (Å²) in [4.78, 5) is 16.0. The summed E-state index contributed by atoms with van der Waals surface area (Å²) in [5, 5.41) is 2.65. The van der Waals surface area contributed by atoms with Crippen LogP contribution in [-0.4, -0.2) is 29.6 Å². The zero-order chi connectivity index (χ0) is 14.8. The van der Waals surface area contributed by atoms with Gasteiger partial charge < -0.3 is 9.32 Å². The van der Waals surface area contributed by atoms with Crippen LogP contribution >= 0.6 is 23.1 Å². The van der Waals surface area contributed by atoms with E-state index in [1.54, 1.807) is 0 Å². The first kappa shape index (κ1) is 14.7. The maximum atomic E-state index is 12.6. The number of furan rings is 1. The second kappa shape index (κ2) is 6.28. The normalized spacial score (nSPS) is 19.5. The summed E-state index contributed by atoms with van der Waals surface area (Å²) < 4.78 is 5.49. The van der Waals surface area contributed by atoms with Crippen molar-refractivity contribution in [3.63, 3.8) is 0 Å². The lowest BCUT2D eigenvalue weighted by molar-refractivity contribution is 0.0765. The van der Waals surface area contributed by atoms with Gasteiger partial charge in [-0.1, -0.05) is 6.07 Å². The Hall–Kier alpha value is -1.20. The number of thiophene rings is 1. The molecule has 2 aromatic rings. The number of carbonyl (C=O) groups is 1. The number of amides is 1. The highest BCUT2D eigenvalue weighted by atomic mass is 32.2. The SMILES string of the molecule is Cc1cc(C(=O)N2CCSC(c3cccs3)CC2)c(C)o1. The second-order valence-corrected chi connectivity index (χ2v) is 7.57. The van der Waals surface area contributed by atoms with Crippen molar-refractivity contribution in [3.8, 4) is 0 Å². The molecule has 1 aliphatic heterocycles. The summed E-state index contributed by atoms with van der Waals surface area (Å²) >= 11 is 3.77. The van der Waals surface area contributed by atoms with E-state index in [1.165, 1.54) is 4.88 Å². The molecule has 0 bridgehead atoms. The summed E-state index contributed by atoms with van der Waals surface area (Å²) in [6.45, 7) is 5.38. The summed E-state index contributed by atoms with van der Waals surface area (Å²) in [6, 6.07) is 6.15. The minimum Gasteiger partial charge on any atom is -0.466 e. The smallest absolute Gasteiger partial charge is 0.257 e. The molecule has 1 amide bonds. The van der Waals surface area contributed by atoms with Gasteiger partial charge in [0.05, 0.1) is 5.56 Å². The van der Waals surface area contributed by atoms with Crippen LogP contribution in [0.3, 0.4) is 0 Å². The van der Waals surface area contributed by atoms with Crippen molar-refractivity contribution in [2.24, 2.45) is 0 Å². The van der Waals surface area contributed by atoms with E-state index in [2.05, 4.69) is 17.5 Å². The van der Waals surface area contributed by atoms with Crippen molar-refractivity contribution in [3.05, 3.63) is 45.5 Å². The molecule has 112 valence electrons. The molecule has 1 unspecified atom stereocenters. The number of thioether (sulfide) groups is 1. The van der Waals surface area contributed by atoms with E-state index in [4.69, 9.17) is 4.42 Å². The highest BCUT2D eigenvalue weighted by Gasteiger charge is 2.25. The molecular weight excluding hydrogens is 302 g/mol. The van der Waals surface area contributed by atoms with Crippen LogP contribution < -0.4 is 0 Å². The predicted octanol–water partition coefficient (Wildman–Crippen LogP) is 4.28. The summed E-state index contributed by atoms with van der Waals surface area (Å²) in [5.41, 5.74) is 0.715. The van der Waals surface area contributed by atoms with Crippen molar-refractivity contribution >= 4 is 29.0 Å². The van der Waals surface area contributed by atoms with Gasteiger partial charge in [0.2, 0.25) is 0 Å². The second-order valence-electron chi connectivity index (χ2n) is 5.28. The molecule has 0 aromatic carbocycles. The van der Waals surface area contributed by atoms with Crippen LogP contribution in [0.15, 0.2) is 28.0 Å². The summed E-state index contributed by atoms with van der Waals surface area (Å²) in [7, 11) is 0. The van der Waals surface area contributed by atoms with E-state index in [0.717, 1.165) is 36.8 Å². The first-order valence-electron chi connectivity index (χ1n) is 7.16. The number of rotatable bonds is 2. The molecule has 0 spiro atoms. The number of hydrogen-bond donors (Lipinski definition) is 0. The van der Waals surface area contributed by atoms with Crippen LogP contribution in [-0.2, 0) is 0 Å². The first-order valence-corrected chi connectivity index (χ1v) is 9.09. The van der Waals surface area contributed by atoms with Gasteiger partial charge in [-0.15, -0.1) is 11.3 Å². The van der Waals surface area contributed by atoms with Crippen molar-refractivity contribution in [1.82, 2.24) is 4.90 Å². The molecule has 1 fully saturated rings. The summed E-state index contributed by atoms with van der Waals surface area (Å²) in [5.74, 6) is 2.63. The summed E-state index contributed by atoms with van der Waals surface area (Å²) in [6.07, 6.45) is 1.02. The van der Waals surface area contributed by atoms with E-state index in [-0.39, 0.29) is 5.91 Å². The monoisotopic (exact) mass is 321 g/mol. The topological polar surface area (TPSA) is 33.5 Å². The minimum absolute atomic E-state index is 0.108. The van der Waals surface area contributed by atoms with Gasteiger partial charge >= 0.3 is 0 Å². The predicted molar refractivity (Wildman–Crippen MR) is 88.2 cm³/mol. The molecule has 21 heavy (non-hydrogen) atoms. The van der Waals surface area contributed by atoms with Crippen LogP contribution in [0.25, 0.3) is 0 Å². The first-order chi connectivity index (χ1) is 10.1. The Bertz CT molecular complexity index is 618. The molecule has 1 aliphatic rings. The third-order valence-electron chi connectivity index (χ3n) is 3.76. The molecule has 3 heterocycles. The third-order valence-corrected chi connectivity index (χ3v) is 6.21. The average molecular weight is 321 g/mol. The van der Waals surface area contributed by atoms with E-state index < -0.39 is 0 Å². The molecule has 0 radical (unpaired) electrons. The fraction of sp³-hybridized carbons (Fsp3) is 0.438.